The number of carbonyl (C=O) groups excluding carboxylic acids is 4. The number of hydrogen-bond donors (Lipinski definition) is 2. The molecule has 28 heavy (non-hydrogen) atoms. The Balaban J connectivity index is 1.68. The van der Waals surface area contributed by atoms with Crippen molar-refractivity contribution in [1.82, 2.24) is 0 Å². The van der Waals surface area contributed by atoms with Crippen LogP contribution in [0.5, 0.6) is 0 Å². The monoisotopic (exact) mass is 382 g/mol. The summed E-state index contributed by atoms with van der Waals surface area (Å²) in [5, 5.41) is 5.24. The molecule has 0 saturated carbocycles. The quantitative estimate of drug-likeness (QED) is 0.540. The summed E-state index contributed by atoms with van der Waals surface area (Å²) in [6.07, 6.45) is -0.220. The molecule has 0 aliphatic carbocycles. The molecule has 7 nitrogen and oxygen atoms in total. The van der Waals surface area contributed by atoms with Gasteiger partial charge in [0.25, 0.3) is 5.91 Å². The first kappa shape index (κ1) is 20.8. The number of esters is 1. The van der Waals surface area contributed by atoms with E-state index in [0.717, 1.165) is 5.56 Å². The molecule has 0 aliphatic heterocycles. The van der Waals surface area contributed by atoms with Gasteiger partial charge in [0.15, 0.2) is 12.4 Å². The second-order valence-electron chi connectivity index (χ2n) is 6.26. The number of benzene rings is 2. The van der Waals surface area contributed by atoms with Gasteiger partial charge < -0.3 is 15.4 Å². The molecule has 0 radical (unpaired) electrons. The van der Waals surface area contributed by atoms with Gasteiger partial charge in [0, 0.05) is 23.4 Å². The summed E-state index contributed by atoms with van der Waals surface area (Å²) in [6.45, 7) is 2.98. The predicted molar refractivity (Wildman–Crippen MR) is 105 cm³/mol. The molecular weight excluding hydrogens is 360 g/mol. The van der Waals surface area contributed by atoms with Crippen molar-refractivity contribution >= 4 is 34.9 Å². The number of nitrogens with one attached hydrogen (secondary N) is 2. The Hall–Kier alpha value is -3.48. The lowest BCUT2D eigenvalue weighted by atomic mass is 10.1. The zero-order chi connectivity index (χ0) is 20.5. The lowest BCUT2D eigenvalue weighted by Crippen LogP contribution is -2.21. The van der Waals surface area contributed by atoms with Crippen molar-refractivity contribution in [3.8, 4) is 0 Å². The summed E-state index contributed by atoms with van der Waals surface area (Å²) in [4.78, 5) is 46.6. The van der Waals surface area contributed by atoms with Crippen LogP contribution >= 0.6 is 0 Å². The van der Waals surface area contributed by atoms with E-state index >= 15 is 0 Å². The number of aryl methyl sites for hydroxylation is 1. The summed E-state index contributed by atoms with van der Waals surface area (Å²) in [5.41, 5.74) is 2.76. The van der Waals surface area contributed by atoms with Gasteiger partial charge >= 0.3 is 5.97 Å². The SMILES string of the molecule is CC(=O)c1ccc(NC(=O)CCC(=O)OCC(=O)Nc2ccc(C)cc2)cc1. The minimum atomic E-state index is -0.638. The van der Waals surface area contributed by atoms with Crippen LogP contribution in [0.15, 0.2) is 48.5 Å². The van der Waals surface area contributed by atoms with E-state index < -0.39 is 18.5 Å². The molecule has 2 aromatic carbocycles. The third-order valence-electron chi connectivity index (χ3n) is 3.83. The lowest BCUT2D eigenvalue weighted by molar-refractivity contribution is -0.147. The molecule has 0 bridgehead atoms. The van der Waals surface area contributed by atoms with E-state index in [1.807, 2.05) is 19.1 Å². The normalized spacial score (nSPS) is 10.1. The molecule has 0 heterocycles. The number of amides is 2. The number of ether oxygens (including phenoxy) is 1. The third kappa shape index (κ3) is 7.03. The Morgan fingerprint density at radius 3 is 1.89 bits per heavy atom. The van der Waals surface area contributed by atoms with Crippen LogP contribution in [0.25, 0.3) is 0 Å². The number of ketones is 1. The van der Waals surface area contributed by atoms with Gasteiger partial charge in [-0.3, -0.25) is 19.2 Å². The highest BCUT2D eigenvalue weighted by Crippen LogP contribution is 2.11. The second-order valence-corrected chi connectivity index (χ2v) is 6.26. The molecule has 7 heteroatoms. The van der Waals surface area contributed by atoms with Gasteiger partial charge in [-0.15, -0.1) is 0 Å². The highest BCUT2D eigenvalue weighted by atomic mass is 16.5. The fourth-order valence-electron chi connectivity index (χ4n) is 2.28. The topological polar surface area (TPSA) is 102 Å². The van der Waals surface area contributed by atoms with Gasteiger partial charge in [0.05, 0.1) is 6.42 Å². The maximum Gasteiger partial charge on any atom is 0.306 e. The average molecular weight is 382 g/mol. The Labute approximate surface area is 163 Å². The fraction of sp³-hybridized carbons (Fsp3) is 0.238. The highest BCUT2D eigenvalue weighted by Gasteiger charge is 2.11. The zero-order valence-electron chi connectivity index (χ0n) is 15.8. The van der Waals surface area contributed by atoms with Crippen molar-refractivity contribution < 1.29 is 23.9 Å². The molecule has 146 valence electrons. The van der Waals surface area contributed by atoms with Crippen molar-refractivity contribution in [3.63, 3.8) is 0 Å². The van der Waals surface area contributed by atoms with Crippen molar-refractivity contribution in [3.05, 3.63) is 59.7 Å². The molecular formula is C21H22N2O5. The second kappa shape index (κ2) is 10.0. The molecule has 0 saturated heterocycles. The smallest absolute Gasteiger partial charge is 0.306 e. The van der Waals surface area contributed by atoms with E-state index in [0.29, 0.717) is 16.9 Å². The van der Waals surface area contributed by atoms with Crippen LogP contribution < -0.4 is 10.6 Å². The van der Waals surface area contributed by atoms with E-state index in [9.17, 15) is 19.2 Å². The molecule has 2 N–H and O–H groups in total. The van der Waals surface area contributed by atoms with Crippen molar-refractivity contribution in [1.29, 1.82) is 0 Å². The number of hydrogen-bond acceptors (Lipinski definition) is 5. The van der Waals surface area contributed by atoms with Crippen molar-refractivity contribution in [2.45, 2.75) is 26.7 Å². The first-order valence-corrected chi connectivity index (χ1v) is 8.76. The van der Waals surface area contributed by atoms with Crippen LogP contribution in [0.3, 0.4) is 0 Å². The van der Waals surface area contributed by atoms with Gasteiger partial charge in [-0.05, 0) is 50.2 Å². The maximum atomic E-state index is 11.9. The summed E-state index contributed by atoms with van der Waals surface area (Å²) in [6, 6.07) is 13.7. The standard InChI is InChI=1S/C21H22N2O5/c1-14-3-7-17(8-4-14)23-20(26)13-28-21(27)12-11-19(25)22-18-9-5-16(6-10-18)15(2)24/h3-10H,11-13H2,1-2H3,(H,22,25)(H,23,26). The van der Waals surface area contributed by atoms with Crippen LogP contribution in [0.2, 0.25) is 0 Å². The third-order valence-corrected chi connectivity index (χ3v) is 3.83. The van der Waals surface area contributed by atoms with Gasteiger partial charge in [-0.1, -0.05) is 17.7 Å². The number of anilines is 2. The summed E-state index contributed by atoms with van der Waals surface area (Å²) < 4.78 is 4.87. The summed E-state index contributed by atoms with van der Waals surface area (Å²) in [7, 11) is 0. The van der Waals surface area contributed by atoms with E-state index in [-0.39, 0.29) is 24.5 Å². The molecule has 2 rings (SSSR count). The Bertz CT molecular complexity index is 857. The van der Waals surface area contributed by atoms with Gasteiger partial charge in [-0.2, -0.15) is 0 Å². The molecule has 2 amide bonds. The van der Waals surface area contributed by atoms with E-state index in [4.69, 9.17) is 4.74 Å². The molecule has 0 atom stereocenters. The number of carbonyl (C=O) groups is 4. The first-order chi connectivity index (χ1) is 13.3. The Morgan fingerprint density at radius 2 is 1.32 bits per heavy atom. The maximum absolute atomic E-state index is 11.9. The predicted octanol–water partition coefficient (Wildman–Crippen LogP) is 3.10. The molecule has 0 spiro atoms. The Kier molecular flexibility index (Phi) is 7.45. The minimum absolute atomic E-state index is 0.0629. The minimum Gasteiger partial charge on any atom is -0.456 e. The molecule has 0 aromatic heterocycles. The molecule has 0 unspecified atom stereocenters. The zero-order valence-corrected chi connectivity index (χ0v) is 15.8. The van der Waals surface area contributed by atoms with Gasteiger partial charge in [0.1, 0.15) is 0 Å². The Morgan fingerprint density at radius 1 is 0.786 bits per heavy atom. The number of rotatable bonds is 8. The average Bonchev–Trinajstić information content (AvgIpc) is 2.67. The van der Waals surface area contributed by atoms with E-state index in [1.54, 1.807) is 36.4 Å². The lowest BCUT2D eigenvalue weighted by Gasteiger charge is -2.08. The summed E-state index contributed by atoms with van der Waals surface area (Å²) in [5.74, 6) is -1.52. The largest absolute Gasteiger partial charge is 0.456 e. The number of Topliss-reactive ketones (excluding diaryl/α,β-unsaturated/α-hetero) is 1. The van der Waals surface area contributed by atoms with Crippen LogP contribution in [-0.2, 0) is 19.1 Å². The summed E-state index contributed by atoms with van der Waals surface area (Å²) >= 11 is 0. The van der Waals surface area contributed by atoms with Crippen molar-refractivity contribution in [2.75, 3.05) is 17.2 Å². The van der Waals surface area contributed by atoms with Crippen LogP contribution in [-0.4, -0.2) is 30.2 Å². The highest BCUT2D eigenvalue weighted by molar-refractivity contribution is 5.96. The first-order valence-electron chi connectivity index (χ1n) is 8.76. The van der Waals surface area contributed by atoms with Gasteiger partial charge in [0.2, 0.25) is 5.91 Å². The van der Waals surface area contributed by atoms with Gasteiger partial charge in [-0.25, -0.2) is 0 Å². The molecule has 0 aliphatic rings. The van der Waals surface area contributed by atoms with Crippen molar-refractivity contribution in [2.24, 2.45) is 0 Å². The molecule has 0 fully saturated rings. The van der Waals surface area contributed by atoms with E-state index in [1.165, 1.54) is 6.92 Å². The molecule has 2 aromatic rings. The van der Waals surface area contributed by atoms with Crippen LogP contribution in [0.4, 0.5) is 11.4 Å². The van der Waals surface area contributed by atoms with E-state index in [2.05, 4.69) is 10.6 Å². The van der Waals surface area contributed by atoms with Crippen LogP contribution in [0, 0.1) is 6.92 Å². The fourth-order valence-corrected chi connectivity index (χ4v) is 2.28. The van der Waals surface area contributed by atoms with Crippen LogP contribution in [0.1, 0.15) is 35.7 Å².